The highest BCUT2D eigenvalue weighted by atomic mass is 19.1. The van der Waals surface area contributed by atoms with Gasteiger partial charge in [0.25, 0.3) is 11.5 Å². The number of amides is 1. The minimum absolute atomic E-state index is 0.0146. The van der Waals surface area contributed by atoms with Crippen LogP contribution < -0.4 is 15.6 Å². The second kappa shape index (κ2) is 9.14. The Hall–Kier alpha value is -3.45. The van der Waals surface area contributed by atoms with Crippen LogP contribution in [-0.2, 0) is 4.74 Å². The molecule has 1 unspecified atom stereocenters. The number of hydrogen-bond acceptors (Lipinski definition) is 4. The summed E-state index contributed by atoms with van der Waals surface area (Å²) in [6.07, 6.45) is 3.57. The van der Waals surface area contributed by atoms with Gasteiger partial charge in [-0.05, 0) is 67.8 Å². The molecule has 31 heavy (non-hydrogen) atoms. The molecule has 1 atom stereocenters. The fourth-order valence-corrected chi connectivity index (χ4v) is 3.55. The number of nitrogens with one attached hydrogen (secondary N) is 1. The molecule has 2 aromatic carbocycles. The molecule has 0 radical (unpaired) electrons. The summed E-state index contributed by atoms with van der Waals surface area (Å²) < 4.78 is 26.0. The zero-order valence-electron chi connectivity index (χ0n) is 17.1. The lowest BCUT2D eigenvalue weighted by molar-refractivity contribution is 0.0682. The minimum Gasteiger partial charge on any atom is -0.489 e. The van der Waals surface area contributed by atoms with Gasteiger partial charge in [-0.1, -0.05) is 12.1 Å². The topological polar surface area (TPSA) is 69.6 Å². The first kappa shape index (κ1) is 20.8. The summed E-state index contributed by atoms with van der Waals surface area (Å²) in [5, 5.41) is 2.79. The largest absolute Gasteiger partial charge is 0.489 e. The van der Waals surface area contributed by atoms with E-state index in [9.17, 15) is 14.0 Å². The van der Waals surface area contributed by atoms with Gasteiger partial charge in [-0.2, -0.15) is 0 Å². The molecule has 1 aromatic heterocycles. The van der Waals surface area contributed by atoms with Crippen LogP contribution in [0.5, 0.6) is 5.75 Å². The van der Waals surface area contributed by atoms with E-state index < -0.39 is 17.3 Å². The minimum atomic E-state index is -0.535. The Morgan fingerprint density at radius 2 is 1.97 bits per heavy atom. The molecule has 160 valence electrons. The fraction of sp³-hybridized carbons (Fsp3) is 0.250. The van der Waals surface area contributed by atoms with Gasteiger partial charge in [0.2, 0.25) is 0 Å². The van der Waals surface area contributed by atoms with Crippen molar-refractivity contribution in [3.05, 3.63) is 88.1 Å². The summed E-state index contributed by atoms with van der Waals surface area (Å²) in [5.41, 5.74) is 1.02. The number of anilines is 1. The summed E-state index contributed by atoms with van der Waals surface area (Å²) in [7, 11) is 0. The molecule has 1 saturated heterocycles. The van der Waals surface area contributed by atoms with Gasteiger partial charge >= 0.3 is 0 Å². The Kier molecular flexibility index (Phi) is 6.13. The number of para-hydroxylation sites is 2. The Balaban J connectivity index is 1.58. The van der Waals surface area contributed by atoms with Crippen molar-refractivity contribution < 1.29 is 18.7 Å². The number of rotatable bonds is 6. The van der Waals surface area contributed by atoms with E-state index in [4.69, 9.17) is 9.47 Å². The van der Waals surface area contributed by atoms with Crippen LogP contribution in [0.15, 0.2) is 65.6 Å². The fourth-order valence-electron chi connectivity index (χ4n) is 3.55. The van der Waals surface area contributed by atoms with Gasteiger partial charge in [0.15, 0.2) is 0 Å². The van der Waals surface area contributed by atoms with E-state index in [0.717, 1.165) is 19.4 Å². The molecule has 1 amide bonds. The van der Waals surface area contributed by atoms with Crippen molar-refractivity contribution in [2.24, 2.45) is 0 Å². The van der Waals surface area contributed by atoms with Crippen molar-refractivity contribution in [1.82, 2.24) is 4.57 Å². The van der Waals surface area contributed by atoms with E-state index in [1.807, 2.05) is 6.07 Å². The molecule has 1 fully saturated rings. The van der Waals surface area contributed by atoms with Crippen molar-refractivity contribution in [2.75, 3.05) is 18.5 Å². The van der Waals surface area contributed by atoms with Gasteiger partial charge in [0.1, 0.15) is 23.7 Å². The molecule has 1 N–H and O–H groups in total. The molecule has 2 heterocycles. The van der Waals surface area contributed by atoms with Crippen molar-refractivity contribution in [3.8, 4) is 11.4 Å². The number of aryl methyl sites for hydroxylation is 1. The lowest BCUT2D eigenvalue weighted by Gasteiger charge is -2.16. The standard InChI is InChI=1S/C24H23FN2O4/c1-16-12-13-27(18-10-8-17(25)9-11-18)24(29)22(16)23(28)26-20-6-2-3-7-21(20)31-15-19-5-4-14-30-19/h2-3,6-13,19H,4-5,14-15H2,1H3,(H,26,28). The molecule has 1 aliphatic heterocycles. The first-order valence-electron chi connectivity index (χ1n) is 10.2. The Morgan fingerprint density at radius 3 is 2.71 bits per heavy atom. The quantitative estimate of drug-likeness (QED) is 0.650. The predicted octanol–water partition coefficient (Wildman–Crippen LogP) is 4.10. The molecular weight excluding hydrogens is 399 g/mol. The summed E-state index contributed by atoms with van der Waals surface area (Å²) in [5.74, 6) is -0.424. The number of aromatic nitrogens is 1. The second-order valence-corrected chi connectivity index (χ2v) is 7.42. The number of carbonyl (C=O) groups excluding carboxylic acids is 1. The van der Waals surface area contributed by atoms with Crippen LogP contribution in [0, 0.1) is 12.7 Å². The van der Waals surface area contributed by atoms with E-state index in [1.54, 1.807) is 37.4 Å². The van der Waals surface area contributed by atoms with Crippen LogP contribution in [0.2, 0.25) is 0 Å². The van der Waals surface area contributed by atoms with E-state index in [-0.39, 0.29) is 11.7 Å². The molecule has 0 bridgehead atoms. The van der Waals surface area contributed by atoms with Crippen LogP contribution in [0.4, 0.5) is 10.1 Å². The number of carbonyl (C=O) groups is 1. The summed E-state index contributed by atoms with van der Waals surface area (Å²) >= 11 is 0. The second-order valence-electron chi connectivity index (χ2n) is 7.42. The number of benzene rings is 2. The summed E-state index contributed by atoms with van der Waals surface area (Å²) in [6, 6.07) is 14.3. The van der Waals surface area contributed by atoms with Crippen molar-refractivity contribution in [1.29, 1.82) is 0 Å². The number of ether oxygens (including phenoxy) is 2. The highest BCUT2D eigenvalue weighted by molar-refractivity contribution is 6.05. The zero-order chi connectivity index (χ0) is 21.8. The molecule has 7 heteroatoms. The Labute approximate surface area is 179 Å². The SMILES string of the molecule is Cc1ccn(-c2ccc(F)cc2)c(=O)c1C(=O)Nc1ccccc1OCC1CCCO1. The van der Waals surface area contributed by atoms with Gasteiger partial charge in [-0.15, -0.1) is 0 Å². The van der Waals surface area contributed by atoms with Crippen molar-refractivity contribution in [3.63, 3.8) is 0 Å². The molecule has 1 aliphatic rings. The molecule has 0 spiro atoms. The number of hydrogen-bond donors (Lipinski definition) is 1. The Bertz CT molecular complexity index is 1140. The Morgan fingerprint density at radius 1 is 1.19 bits per heavy atom. The molecule has 4 rings (SSSR count). The van der Waals surface area contributed by atoms with Gasteiger partial charge in [-0.25, -0.2) is 4.39 Å². The highest BCUT2D eigenvalue weighted by Gasteiger charge is 2.20. The number of nitrogens with zero attached hydrogens (tertiary/aromatic N) is 1. The molecule has 6 nitrogen and oxygen atoms in total. The first-order chi connectivity index (χ1) is 15.0. The van der Waals surface area contributed by atoms with Gasteiger partial charge < -0.3 is 14.8 Å². The maximum Gasteiger partial charge on any atom is 0.268 e. The lowest BCUT2D eigenvalue weighted by Crippen LogP contribution is -2.29. The molecule has 0 saturated carbocycles. The third-order valence-corrected chi connectivity index (χ3v) is 5.22. The smallest absolute Gasteiger partial charge is 0.268 e. The monoisotopic (exact) mass is 422 g/mol. The van der Waals surface area contributed by atoms with E-state index in [1.165, 1.54) is 28.8 Å². The van der Waals surface area contributed by atoms with Crippen LogP contribution in [-0.4, -0.2) is 29.8 Å². The third kappa shape index (κ3) is 4.67. The van der Waals surface area contributed by atoms with Crippen LogP contribution in [0.25, 0.3) is 5.69 Å². The highest BCUT2D eigenvalue weighted by Crippen LogP contribution is 2.26. The summed E-state index contributed by atoms with van der Waals surface area (Å²) in [4.78, 5) is 26.1. The van der Waals surface area contributed by atoms with Crippen LogP contribution in [0.1, 0.15) is 28.8 Å². The summed E-state index contributed by atoms with van der Waals surface area (Å²) in [6.45, 7) is 2.83. The van der Waals surface area contributed by atoms with Crippen LogP contribution in [0.3, 0.4) is 0 Å². The normalized spacial score (nSPS) is 15.6. The van der Waals surface area contributed by atoms with E-state index in [0.29, 0.717) is 29.3 Å². The number of pyridine rings is 1. The molecule has 3 aromatic rings. The van der Waals surface area contributed by atoms with E-state index >= 15 is 0 Å². The van der Waals surface area contributed by atoms with Crippen molar-refractivity contribution >= 4 is 11.6 Å². The van der Waals surface area contributed by atoms with Gasteiger partial charge in [-0.3, -0.25) is 14.2 Å². The maximum absolute atomic E-state index is 13.2. The van der Waals surface area contributed by atoms with Gasteiger partial charge in [0.05, 0.1) is 11.8 Å². The third-order valence-electron chi connectivity index (χ3n) is 5.22. The molecular formula is C24H23FN2O4. The predicted molar refractivity (Wildman–Crippen MR) is 116 cm³/mol. The van der Waals surface area contributed by atoms with Crippen LogP contribution >= 0.6 is 0 Å². The number of halogens is 1. The van der Waals surface area contributed by atoms with Gasteiger partial charge in [0, 0.05) is 18.5 Å². The van der Waals surface area contributed by atoms with Crippen molar-refractivity contribution in [2.45, 2.75) is 25.9 Å². The maximum atomic E-state index is 13.2. The zero-order valence-corrected chi connectivity index (χ0v) is 17.1. The average Bonchev–Trinajstić information content (AvgIpc) is 3.28. The lowest BCUT2D eigenvalue weighted by atomic mass is 10.1. The van der Waals surface area contributed by atoms with E-state index in [2.05, 4.69) is 5.32 Å². The molecule has 0 aliphatic carbocycles. The first-order valence-corrected chi connectivity index (χ1v) is 10.2. The average molecular weight is 422 g/mol.